The largest absolute Gasteiger partial charge is 0.300 e. The van der Waals surface area contributed by atoms with Gasteiger partial charge in [0, 0.05) is 36.1 Å². The molecule has 0 spiro atoms. The van der Waals surface area contributed by atoms with Gasteiger partial charge in [0.1, 0.15) is 5.82 Å². The summed E-state index contributed by atoms with van der Waals surface area (Å²) in [5.74, 6) is -0.166. The number of piperidine rings is 1. The van der Waals surface area contributed by atoms with Gasteiger partial charge in [-0.2, -0.15) is 0 Å². The van der Waals surface area contributed by atoms with E-state index in [-0.39, 0.29) is 53.4 Å². The lowest BCUT2D eigenvalue weighted by atomic mass is 9.88. The van der Waals surface area contributed by atoms with Gasteiger partial charge < -0.3 is 0 Å². The van der Waals surface area contributed by atoms with Gasteiger partial charge in [-0.1, -0.05) is 36.8 Å². The van der Waals surface area contributed by atoms with E-state index in [0.717, 1.165) is 24.8 Å². The zero-order valence-electron chi connectivity index (χ0n) is 15.4. The highest BCUT2D eigenvalue weighted by Gasteiger charge is 2.30. The third-order valence-corrected chi connectivity index (χ3v) is 5.33. The van der Waals surface area contributed by atoms with Crippen LogP contribution in [0.3, 0.4) is 0 Å². The number of hydrogen-bond acceptors (Lipinski definition) is 3. The zero-order chi connectivity index (χ0) is 18.5. The van der Waals surface area contributed by atoms with Gasteiger partial charge in [-0.15, -0.1) is 24.0 Å². The van der Waals surface area contributed by atoms with Crippen molar-refractivity contribution in [2.45, 2.75) is 44.2 Å². The second kappa shape index (κ2) is 10.1. The van der Waals surface area contributed by atoms with E-state index in [1.165, 1.54) is 24.3 Å². The first-order valence-corrected chi connectivity index (χ1v) is 9.13. The molecule has 1 saturated heterocycles. The van der Waals surface area contributed by atoms with Crippen LogP contribution < -0.4 is 0 Å². The van der Waals surface area contributed by atoms with Crippen molar-refractivity contribution in [2.75, 3.05) is 7.05 Å². The highest BCUT2D eigenvalue weighted by Crippen LogP contribution is 2.27. The van der Waals surface area contributed by atoms with Gasteiger partial charge in [0.15, 0.2) is 11.6 Å². The fourth-order valence-electron chi connectivity index (χ4n) is 3.71. The number of nitrogens with zero attached hydrogens (tertiary/aromatic N) is 1. The zero-order valence-corrected chi connectivity index (χ0v) is 17.8. The Hall–Kier alpha value is -1.60. The topological polar surface area (TPSA) is 37.4 Å². The Kier molecular flexibility index (Phi) is 8.10. The molecule has 1 heterocycles. The first kappa shape index (κ1) is 21.7. The van der Waals surface area contributed by atoms with E-state index < -0.39 is 0 Å². The van der Waals surface area contributed by atoms with Crippen LogP contribution in [0, 0.1) is 5.82 Å². The SMILES string of the molecule is CN1C(CC(=O)c2ccccc2)CCCC1CC(=O)c1ccc(F)cc1.I. The monoisotopic (exact) mass is 481 g/mol. The number of hydrogen-bond donors (Lipinski definition) is 0. The summed E-state index contributed by atoms with van der Waals surface area (Å²) in [6.45, 7) is 0. The predicted octanol–water partition coefficient (Wildman–Crippen LogP) is 5.14. The molecule has 0 aliphatic carbocycles. The second-order valence-electron chi connectivity index (χ2n) is 7.03. The van der Waals surface area contributed by atoms with E-state index in [1.807, 2.05) is 37.4 Å². The molecule has 0 bridgehead atoms. The molecule has 3 nitrogen and oxygen atoms in total. The molecule has 1 aliphatic heterocycles. The summed E-state index contributed by atoms with van der Waals surface area (Å²) in [7, 11) is 2.00. The smallest absolute Gasteiger partial charge is 0.164 e. The Morgan fingerprint density at radius 3 is 1.89 bits per heavy atom. The van der Waals surface area contributed by atoms with Gasteiger partial charge in [-0.05, 0) is 44.2 Å². The summed E-state index contributed by atoms with van der Waals surface area (Å²) in [6.07, 6.45) is 3.80. The Balaban J connectivity index is 0.00000261. The fourth-order valence-corrected chi connectivity index (χ4v) is 3.71. The molecule has 2 atom stereocenters. The normalized spacial score (nSPS) is 19.9. The second-order valence-corrected chi connectivity index (χ2v) is 7.03. The minimum atomic E-state index is -0.337. The maximum atomic E-state index is 13.0. The van der Waals surface area contributed by atoms with Crippen LogP contribution in [0.4, 0.5) is 4.39 Å². The van der Waals surface area contributed by atoms with Gasteiger partial charge in [0.05, 0.1) is 0 Å². The van der Waals surface area contributed by atoms with Gasteiger partial charge in [0.2, 0.25) is 0 Å². The van der Waals surface area contributed by atoms with Gasteiger partial charge in [-0.25, -0.2) is 4.39 Å². The van der Waals surface area contributed by atoms with Crippen LogP contribution in [-0.2, 0) is 0 Å². The molecule has 2 unspecified atom stereocenters. The van der Waals surface area contributed by atoms with Crippen molar-refractivity contribution in [3.05, 3.63) is 71.5 Å². The van der Waals surface area contributed by atoms with Crippen LogP contribution in [0.5, 0.6) is 0 Å². The Morgan fingerprint density at radius 1 is 0.889 bits per heavy atom. The molecule has 27 heavy (non-hydrogen) atoms. The van der Waals surface area contributed by atoms with Crippen molar-refractivity contribution in [2.24, 2.45) is 0 Å². The molecular weight excluding hydrogens is 456 g/mol. The average Bonchev–Trinajstić information content (AvgIpc) is 2.66. The van der Waals surface area contributed by atoms with Crippen molar-refractivity contribution in [3.8, 4) is 0 Å². The van der Waals surface area contributed by atoms with Crippen molar-refractivity contribution in [1.82, 2.24) is 4.90 Å². The Bertz CT molecular complexity index is 764. The third-order valence-electron chi connectivity index (χ3n) is 5.33. The minimum Gasteiger partial charge on any atom is -0.300 e. The summed E-state index contributed by atoms with van der Waals surface area (Å²) in [5.41, 5.74) is 1.28. The van der Waals surface area contributed by atoms with Crippen LogP contribution in [0.25, 0.3) is 0 Å². The molecule has 0 amide bonds. The highest BCUT2D eigenvalue weighted by atomic mass is 127. The molecule has 3 rings (SSSR count). The first-order chi connectivity index (χ1) is 12.5. The number of ketones is 2. The maximum absolute atomic E-state index is 13.0. The number of rotatable bonds is 6. The number of benzene rings is 2. The predicted molar refractivity (Wildman–Crippen MR) is 115 cm³/mol. The standard InChI is InChI=1S/C22H24FNO2.HI/c1-24-19(14-21(25)16-6-3-2-4-7-16)8-5-9-20(24)15-22(26)17-10-12-18(23)13-11-17;/h2-4,6-7,10-13,19-20H,5,8-9,14-15H2,1H3;1H. The van der Waals surface area contributed by atoms with Crippen molar-refractivity contribution < 1.29 is 14.0 Å². The molecule has 144 valence electrons. The van der Waals surface area contributed by atoms with Crippen LogP contribution in [0.1, 0.15) is 52.8 Å². The van der Waals surface area contributed by atoms with E-state index in [9.17, 15) is 14.0 Å². The van der Waals surface area contributed by atoms with E-state index in [1.54, 1.807) is 0 Å². The molecule has 1 fully saturated rings. The average molecular weight is 481 g/mol. The quantitative estimate of drug-likeness (QED) is 0.424. The van der Waals surface area contributed by atoms with E-state index in [0.29, 0.717) is 18.4 Å². The van der Waals surface area contributed by atoms with Crippen LogP contribution in [0.2, 0.25) is 0 Å². The van der Waals surface area contributed by atoms with Gasteiger partial charge >= 0.3 is 0 Å². The Labute approximate surface area is 177 Å². The van der Waals surface area contributed by atoms with E-state index in [4.69, 9.17) is 0 Å². The Morgan fingerprint density at radius 2 is 1.37 bits per heavy atom. The summed E-state index contributed by atoms with van der Waals surface area (Å²) in [4.78, 5) is 27.2. The lowest BCUT2D eigenvalue weighted by Gasteiger charge is -2.39. The first-order valence-electron chi connectivity index (χ1n) is 9.13. The molecule has 5 heteroatoms. The molecule has 1 aliphatic rings. The van der Waals surface area contributed by atoms with Crippen molar-refractivity contribution >= 4 is 35.5 Å². The minimum absolute atomic E-state index is 0. The summed E-state index contributed by atoms with van der Waals surface area (Å²) < 4.78 is 13.0. The van der Waals surface area contributed by atoms with Crippen molar-refractivity contribution in [3.63, 3.8) is 0 Å². The maximum Gasteiger partial charge on any atom is 0.164 e. The lowest BCUT2D eigenvalue weighted by molar-refractivity contribution is 0.0723. The molecule has 0 aromatic heterocycles. The molecule has 0 N–H and O–H groups in total. The van der Waals surface area contributed by atoms with Crippen LogP contribution in [-0.4, -0.2) is 35.6 Å². The number of halogens is 2. The molecule has 0 saturated carbocycles. The fraction of sp³-hybridized carbons (Fsp3) is 0.364. The summed E-state index contributed by atoms with van der Waals surface area (Å²) in [6, 6.07) is 15.3. The van der Waals surface area contributed by atoms with Crippen LogP contribution >= 0.6 is 24.0 Å². The summed E-state index contributed by atoms with van der Waals surface area (Å²) in [5, 5.41) is 0. The third kappa shape index (κ3) is 5.69. The molecule has 2 aromatic rings. The number of carbonyl (C=O) groups is 2. The number of likely N-dealkylation sites (tertiary alicyclic amines) is 1. The number of Topliss-reactive ketones (excluding diaryl/α,β-unsaturated/α-hetero) is 2. The van der Waals surface area contributed by atoms with E-state index in [2.05, 4.69) is 4.90 Å². The van der Waals surface area contributed by atoms with Gasteiger partial charge in [0.25, 0.3) is 0 Å². The molecule has 0 radical (unpaired) electrons. The van der Waals surface area contributed by atoms with Gasteiger partial charge in [-0.3, -0.25) is 14.5 Å². The van der Waals surface area contributed by atoms with Crippen LogP contribution in [0.15, 0.2) is 54.6 Å². The number of carbonyl (C=O) groups excluding carboxylic acids is 2. The molecular formula is C22H25FINO2. The van der Waals surface area contributed by atoms with E-state index >= 15 is 0 Å². The summed E-state index contributed by atoms with van der Waals surface area (Å²) >= 11 is 0. The van der Waals surface area contributed by atoms with Crippen molar-refractivity contribution in [1.29, 1.82) is 0 Å². The molecule has 2 aromatic carbocycles. The highest BCUT2D eigenvalue weighted by molar-refractivity contribution is 14.0. The lowest BCUT2D eigenvalue weighted by Crippen LogP contribution is -2.45.